The van der Waals surface area contributed by atoms with Crippen molar-refractivity contribution in [2.75, 3.05) is 12.3 Å². The van der Waals surface area contributed by atoms with Crippen LogP contribution in [0.15, 0.2) is 24.3 Å². The zero-order valence-electron chi connectivity index (χ0n) is 17.2. The van der Waals surface area contributed by atoms with Gasteiger partial charge in [0, 0.05) is 0 Å². The van der Waals surface area contributed by atoms with Crippen molar-refractivity contribution in [1.29, 1.82) is 0 Å². The monoisotopic (exact) mass is 429 g/mol. The van der Waals surface area contributed by atoms with Gasteiger partial charge in [-0.05, 0) is 45.4 Å². The SMILES string of the molecule is CCOC(=O)c1sc2nc(COC(=O)C(C)Oc3ccc(C)cc3)nc(N)c2c1C. The number of thiophene rings is 1. The summed E-state index contributed by atoms with van der Waals surface area (Å²) in [6, 6.07) is 7.37. The van der Waals surface area contributed by atoms with Crippen LogP contribution in [0.25, 0.3) is 10.2 Å². The smallest absolute Gasteiger partial charge is 0.348 e. The number of ether oxygens (including phenoxy) is 3. The lowest BCUT2D eigenvalue weighted by molar-refractivity contribution is -0.152. The number of hydrogen-bond donors (Lipinski definition) is 1. The summed E-state index contributed by atoms with van der Waals surface area (Å²) in [4.78, 5) is 33.9. The van der Waals surface area contributed by atoms with Crippen molar-refractivity contribution in [1.82, 2.24) is 9.97 Å². The third-order valence-electron chi connectivity index (χ3n) is 4.33. The van der Waals surface area contributed by atoms with E-state index >= 15 is 0 Å². The normalized spacial score (nSPS) is 11.9. The third kappa shape index (κ3) is 4.68. The molecule has 0 saturated heterocycles. The minimum Gasteiger partial charge on any atom is -0.479 e. The van der Waals surface area contributed by atoms with Crippen molar-refractivity contribution in [3.05, 3.63) is 46.1 Å². The second kappa shape index (κ2) is 9.08. The van der Waals surface area contributed by atoms with Gasteiger partial charge in [0.25, 0.3) is 0 Å². The fourth-order valence-electron chi connectivity index (χ4n) is 2.79. The standard InChI is InChI=1S/C21H23N3O5S/c1-5-27-21(26)17-12(3)16-18(22)23-15(24-19(16)30-17)10-28-20(25)13(4)29-14-8-6-11(2)7-9-14/h6-9,13H,5,10H2,1-4H3,(H2,22,23,24). The highest BCUT2D eigenvalue weighted by molar-refractivity contribution is 7.20. The largest absolute Gasteiger partial charge is 0.479 e. The summed E-state index contributed by atoms with van der Waals surface area (Å²) in [5, 5.41) is 0.606. The van der Waals surface area contributed by atoms with Gasteiger partial charge in [-0.25, -0.2) is 19.6 Å². The van der Waals surface area contributed by atoms with Gasteiger partial charge in [-0.3, -0.25) is 0 Å². The van der Waals surface area contributed by atoms with Gasteiger partial charge in [0.2, 0.25) is 0 Å². The molecule has 0 saturated carbocycles. The fraction of sp³-hybridized carbons (Fsp3) is 0.333. The Hall–Kier alpha value is -3.20. The number of rotatable bonds is 7. The Morgan fingerprint density at radius 1 is 1.13 bits per heavy atom. The van der Waals surface area contributed by atoms with E-state index in [-0.39, 0.29) is 24.9 Å². The molecule has 2 aromatic heterocycles. The van der Waals surface area contributed by atoms with Crippen LogP contribution in [0.5, 0.6) is 5.75 Å². The molecule has 1 aromatic carbocycles. The van der Waals surface area contributed by atoms with E-state index in [4.69, 9.17) is 19.9 Å². The summed E-state index contributed by atoms with van der Waals surface area (Å²) in [5.74, 6) is 0.0687. The van der Waals surface area contributed by atoms with E-state index in [1.54, 1.807) is 32.9 Å². The highest BCUT2D eigenvalue weighted by Crippen LogP contribution is 2.33. The van der Waals surface area contributed by atoms with E-state index in [1.807, 2.05) is 19.1 Å². The molecule has 9 heteroatoms. The number of nitrogens with two attached hydrogens (primary N) is 1. The quantitative estimate of drug-likeness (QED) is 0.567. The molecule has 30 heavy (non-hydrogen) atoms. The number of nitrogens with zero attached hydrogens (tertiary/aromatic N) is 2. The topological polar surface area (TPSA) is 114 Å². The number of carbonyl (C=O) groups is 2. The average Bonchev–Trinajstić information content (AvgIpc) is 3.05. The Labute approximate surface area is 178 Å². The number of benzene rings is 1. The van der Waals surface area contributed by atoms with Crippen LogP contribution in [0.2, 0.25) is 0 Å². The first-order valence-electron chi connectivity index (χ1n) is 9.42. The molecular formula is C21H23N3O5S. The molecule has 0 fully saturated rings. The van der Waals surface area contributed by atoms with Crippen LogP contribution in [0.1, 0.15) is 40.5 Å². The van der Waals surface area contributed by atoms with E-state index in [1.165, 1.54) is 11.3 Å². The van der Waals surface area contributed by atoms with Crippen LogP contribution in [0, 0.1) is 13.8 Å². The second-order valence-electron chi connectivity index (χ2n) is 6.66. The summed E-state index contributed by atoms with van der Waals surface area (Å²) in [5.41, 5.74) is 7.83. The highest BCUT2D eigenvalue weighted by Gasteiger charge is 2.22. The summed E-state index contributed by atoms with van der Waals surface area (Å²) in [7, 11) is 0. The van der Waals surface area contributed by atoms with Crippen molar-refractivity contribution in [2.24, 2.45) is 0 Å². The second-order valence-corrected chi connectivity index (χ2v) is 7.66. The van der Waals surface area contributed by atoms with Gasteiger partial charge in [0.05, 0.1) is 12.0 Å². The van der Waals surface area contributed by atoms with Gasteiger partial charge >= 0.3 is 11.9 Å². The minimum atomic E-state index is -0.798. The van der Waals surface area contributed by atoms with E-state index in [2.05, 4.69) is 9.97 Å². The number of aromatic nitrogens is 2. The number of carbonyl (C=O) groups excluding carboxylic acids is 2. The minimum absolute atomic E-state index is 0.160. The van der Waals surface area contributed by atoms with Gasteiger partial charge in [0.15, 0.2) is 18.5 Å². The highest BCUT2D eigenvalue weighted by atomic mass is 32.1. The maximum absolute atomic E-state index is 12.3. The van der Waals surface area contributed by atoms with E-state index in [0.29, 0.717) is 26.4 Å². The number of hydrogen-bond acceptors (Lipinski definition) is 9. The summed E-state index contributed by atoms with van der Waals surface area (Å²) in [6.07, 6.45) is -0.798. The molecule has 158 valence electrons. The molecule has 3 rings (SSSR count). The summed E-state index contributed by atoms with van der Waals surface area (Å²) < 4.78 is 15.9. The number of anilines is 1. The Morgan fingerprint density at radius 2 is 1.83 bits per heavy atom. The number of fused-ring (bicyclic) bond motifs is 1. The van der Waals surface area contributed by atoms with Crippen molar-refractivity contribution in [3.63, 3.8) is 0 Å². The first-order valence-corrected chi connectivity index (χ1v) is 10.2. The lowest BCUT2D eigenvalue weighted by Crippen LogP contribution is -2.26. The van der Waals surface area contributed by atoms with Crippen molar-refractivity contribution >= 4 is 39.3 Å². The molecule has 0 aliphatic rings. The van der Waals surface area contributed by atoms with Gasteiger partial charge in [-0.1, -0.05) is 17.7 Å². The molecule has 2 N–H and O–H groups in total. The maximum Gasteiger partial charge on any atom is 0.348 e. The predicted octanol–water partition coefficient (Wildman–Crippen LogP) is 3.58. The zero-order chi connectivity index (χ0) is 21.8. The van der Waals surface area contributed by atoms with Crippen LogP contribution in [-0.2, 0) is 20.9 Å². The van der Waals surface area contributed by atoms with Gasteiger partial charge in [-0.2, -0.15) is 0 Å². The van der Waals surface area contributed by atoms with Crippen LogP contribution in [0.3, 0.4) is 0 Å². The summed E-state index contributed by atoms with van der Waals surface area (Å²) >= 11 is 1.17. The van der Waals surface area contributed by atoms with Gasteiger partial charge in [0.1, 0.15) is 21.3 Å². The van der Waals surface area contributed by atoms with Gasteiger partial charge < -0.3 is 19.9 Å². The molecule has 3 aromatic rings. The van der Waals surface area contributed by atoms with Gasteiger partial charge in [-0.15, -0.1) is 11.3 Å². The van der Waals surface area contributed by atoms with Crippen LogP contribution in [-0.4, -0.2) is 34.6 Å². The molecular weight excluding hydrogens is 406 g/mol. The number of nitrogen functional groups attached to an aromatic ring is 1. The average molecular weight is 429 g/mol. The molecule has 0 amide bonds. The van der Waals surface area contributed by atoms with E-state index < -0.39 is 18.0 Å². The molecule has 0 radical (unpaired) electrons. The number of aryl methyl sites for hydroxylation is 2. The zero-order valence-corrected chi connectivity index (χ0v) is 18.0. The molecule has 1 atom stereocenters. The van der Waals surface area contributed by atoms with Crippen molar-refractivity contribution in [2.45, 2.75) is 40.4 Å². The van der Waals surface area contributed by atoms with E-state index in [0.717, 1.165) is 5.56 Å². The molecule has 0 aliphatic heterocycles. The fourth-order valence-corrected chi connectivity index (χ4v) is 3.90. The maximum atomic E-state index is 12.3. The Kier molecular flexibility index (Phi) is 6.51. The lowest BCUT2D eigenvalue weighted by Gasteiger charge is -2.14. The molecule has 1 unspecified atom stereocenters. The van der Waals surface area contributed by atoms with Crippen LogP contribution >= 0.6 is 11.3 Å². The van der Waals surface area contributed by atoms with Crippen molar-refractivity contribution in [3.8, 4) is 5.75 Å². The Morgan fingerprint density at radius 3 is 2.50 bits per heavy atom. The Bertz CT molecular complexity index is 1080. The predicted molar refractivity (Wildman–Crippen MR) is 114 cm³/mol. The summed E-state index contributed by atoms with van der Waals surface area (Å²) in [6.45, 7) is 7.20. The molecule has 0 aliphatic carbocycles. The van der Waals surface area contributed by atoms with Crippen LogP contribution < -0.4 is 10.5 Å². The lowest BCUT2D eigenvalue weighted by atomic mass is 10.2. The first kappa shape index (κ1) is 21.5. The molecule has 8 nitrogen and oxygen atoms in total. The first-order chi connectivity index (χ1) is 14.3. The van der Waals surface area contributed by atoms with Crippen LogP contribution in [0.4, 0.5) is 5.82 Å². The van der Waals surface area contributed by atoms with Crippen molar-refractivity contribution < 1.29 is 23.8 Å². The third-order valence-corrected chi connectivity index (χ3v) is 5.50. The van der Waals surface area contributed by atoms with E-state index in [9.17, 15) is 9.59 Å². The molecule has 0 bridgehead atoms. The molecule has 0 spiro atoms. The Balaban J connectivity index is 1.70. The molecule has 2 heterocycles. The number of esters is 2.